The standard InChI is InChI=1S/C15H21BrFN3/c1-11(14-8-12(16)2-3-15(14)17)20-9-13(10-20)19-6-4-18-5-7-19/h2-3,8,11,13,18H,4-7,9-10H2,1H3. The van der Waals surface area contributed by atoms with Crippen molar-refractivity contribution in [2.45, 2.75) is 19.0 Å². The Morgan fingerprint density at radius 2 is 2.00 bits per heavy atom. The molecule has 0 spiro atoms. The first kappa shape index (κ1) is 14.4. The highest BCUT2D eigenvalue weighted by molar-refractivity contribution is 9.10. The summed E-state index contributed by atoms with van der Waals surface area (Å²) in [5.41, 5.74) is 0.790. The minimum absolute atomic E-state index is 0.105. The van der Waals surface area contributed by atoms with Gasteiger partial charge in [0.25, 0.3) is 0 Å². The van der Waals surface area contributed by atoms with Gasteiger partial charge in [-0.05, 0) is 25.1 Å². The third-order valence-corrected chi connectivity index (χ3v) is 5.01. The average molecular weight is 342 g/mol. The molecule has 2 saturated heterocycles. The largest absolute Gasteiger partial charge is 0.314 e. The van der Waals surface area contributed by atoms with Gasteiger partial charge in [0.1, 0.15) is 5.82 Å². The van der Waals surface area contributed by atoms with Crippen molar-refractivity contribution in [3.63, 3.8) is 0 Å². The number of nitrogens with one attached hydrogen (secondary N) is 1. The second-order valence-electron chi connectivity index (χ2n) is 5.74. The van der Waals surface area contributed by atoms with Crippen molar-refractivity contribution in [1.29, 1.82) is 0 Å². The Labute approximate surface area is 128 Å². The van der Waals surface area contributed by atoms with Crippen molar-refractivity contribution in [3.05, 3.63) is 34.1 Å². The summed E-state index contributed by atoms with van der Waals surface area (Å²) in [6.07, 6.45) is 0. The van der Waals surface area contributed by atoms with Crippen molar-refractivity contribution < 1.29 is 4.39 Å². The third kappa shape index (κ3) is 2.91. The highest BCUT2D eigenvalue weighted by atomic mass is 79.9. The van der Waals surface area contributed by atoms with E-state index in [4.69, 9.17) is 0 Å². The topological polar surface area (TPSA) is 18.5 Å². The van der Waals surface area contributed by atoms with Crippen LogP contribution in [0.1, 0.15) is 18.5 Å². The predicted molar refractivity (Wildman–Crippen MR) is 82.3 cm³/mol. The van der Waals surface area contributed by atoms with Gasteiger partial charge in [-0.15, -0.1) is 0 Å². The molecule has 3 rings (SSSR count). The first-order valence-electron chi connectivity index (χ1n) is 7.29. The fourth-order valence-electron chi connectivity index (χ4n) is 3.11. The van der Waals surface area contributed by atoms with Gasteiger partial charge in [-0.2, -0.15) is 0 Å². The lowest BCUT2D eigenvalue weighted by molar-refractivity contribution is 0.00266. The van der Waals surface area contributed by atoms with Gasteiger partial charge in [0.05, 0.1) is 0 Å². The van der Waals surface area contributed by atoms with Crippen LogP contribution in [0.25, 0.3) is 0 Å². The number of piperazine rings is 1. The Morgan fingerprint density at radius 1 is 1.30 bits per heavy atom. The Bertz CT molecular complexity index is 470. The molecule has 2 aliphatic rings. The molecule has 3 nitrogen and oxygen atoms in total. The molecular formula is C15H21BrFN3. The van der Waals surface area contributed by atoms with Crippen LogP contribution < -0.4 is 5.32 Å². The zero-order chi connectivity index (χ0) is 14.1. The third-order valence-electron chi connectivity index (χ3n) is 4.51. The Balaban J connectivity index is 1.60. The van der Waals surface area contributed by atoms with E-state index in [0.717, 1.165) is 49.3 Å². The Morgan fingerprint density at radius 3 is 2.70 bits per heavy atom. The van der Waals surface area contributed by atoms with E-state index >= 15 is 0 Å². The molecule has 1 unspecified atom stereocenters. The van der Waals surface area contributed by atoms with Gasteiger partial charge in [-0.1, -0.05) is 15.9 Å². The van der Waals surface area contributed by atoms with Crippen LogP contribution >= 0.6 is 15.9 Å². The van der Waals surface area contributed by atoms with Gasteiger partial charge in [0.15, 0.2) is 0 Å². The Hall–Kier alpha value is -0.490. The number of halogens is 2. The van der Waals surface area contributed by atoms with Gasteiger partial charge in [-0.25, -0.2) is 4.39 Å². The summed E-state index contributed by atoms with van der Waals surface area (Å²) in [6.45, 7) is 8.65. The summed E-state index contributed by atoms with van der Waals surface area (Å²) in [4.78, 5) is 4.91. The van der Waals surface area contributed by atoms with Crippen LogP contribution in [0.15, 0.2) is 22.7 Å². The molecule has 1 aromatic rings. The van der Waals surface area contributed by atoms with E-state index in [1.54, 1.807) is 12.1 Å². The number of hydrogen-bond acceptors (Lipinski definition) is 3. The van der Waals surface area contributed by atoms with E-state index in [2.05, 4.69) is 38.0 Å². The maximum Gasteiger partial charge on any atom is 0.128 e. The second-order valence-corrected chi connectivity index (χ2v) is 6.65. The minimum Gasteiger partial charge on any atom is -0.314 e. The van der Waals surface area contributed by atoms with E-state index in [9.17, 15) is 4.39 Å². The zero-order valence-electron chi connectivity index (χ0n) is 11.8. The van der Waals surface area contributed by atoms with E-state index in [1.807, 2.05) is 6.07 Å². The molecule has 0 saturated carbocycles. The van der Waals surface area contributed by atoms with Crippen LogP contribution in [0.5, 0.6) is 0 Å². The molecule has 5 heteroatoms. The van der Waals surface area contributed by atoms with Crippen molar-refractivity contribution in [3.8, 4) is 0 Å². The number of likely N-dealkylation sites (tertiary alicyclic amines) is 1. The van der Waals surface area contributed by atoms with Gasteiger partial charge in [0.2, 0.25) is 0 Å². The number of rotatable bonds is 3. The van der Waals surface area contributed by atoms with Crippen molar-refractivity contribution in [2.75, 3.05) is 39.3 Å². The maximum atomic E-state index is 13.9. The molecule has 0 bridgehead atoms. The minimum atomic E-state index is -0.105. The summed E-state index contributed by atoms with van der Waals surface area (Å²) in [6, 6.07) is 5.99. The number of nitrogens with zero attached hydrogens (tertiary/aromatic N) is 2. The molecule has 110 valence electrons. The predicted octanol–water partition coefficient (Wildman–Crippen LogP) is 2.24. The number of hydrogen-bond donors (Lipinski definition) is 1. The maximum absolute atomic E-state index is 13.9. The van der Waals surface area contributed by atoms with Crippen LogP contribution in [0.2, 0.25) is 0 Å². The van der Waals surface area contributed by atoms with Crippen molar-refractivity contribution in [2.24, 2.45) is 0 Å². The van der Waals surface area contributed by atoms with Gasteiger partial charge < -0.3 is 5.32 Å². The quantitative estimate of drug-likeness (QED) is 0.909. The SMILES string of the molecule is CC(c1cc(Br)ccc1F)N1CC(N2CCNCC2)C1. The summed E-state index contributed by atoms with van der Waals surface area (Å²) in [5, 5.41) is 3.38. The molecular weight excluding hydrogens is 321 g/mol. The lowest BCUT2D eigenvalue weighted by atomic mass is 9.98. The van der Waals surface area contributed by atoms with Crippen LogP contribution in [0.3, 0.4) is 0 Å². The van der Waals surface area contributed by atoms with Crippen LogP contribution in [-0.2, 0) is 0 Å². The second kappa shape index (κ2) is 6.10. The molecule has 2 fully saturated rings. The molecule has 1 atom stereocenters. The van der Waals surface area contributed by atoms with Crippen LogP contribution in [0, 0.1) is 5.82 Å². The van der Waals surface area contributed by atoms with E-state index < -0.39 is 0 Å². The monoisotopic (exact) mass is 341 g/mol. The van der Waals surface area contributed by atoms with Gasteiger partial charge >= 0.3 is 0 Å². The molecule has 0 amide bonds. The molecule has 20 heavy (non-hydrogen) atoms. The fraction of sp³-hybridized carbons (Fsp3) is 0.600. The summed E-state index contributed by atoms with van der Waals surface area (Å²) in [5.74, 6) is -0.105. The van der Waals surface area contributed by atoms with Gasteiger partial charge in [-0.3, -0.25) is 9.80 Å². The van der Waals surface area contributed by atoms with Crippen molar-refractivity contribution in [1.82, 2.24) is 15.1 Å². The average Bonchev–Trinajstić information content (AvgIpc) is 2.41. The van der Waals surface area contributed by atoms with Crippen molar-refractivity contribution >= 4 is 15.9 Å². The smallest absolute Gasteiger partial charge is 0.128 e. The molecule has 0 aliphatic carbocycles. The molecule has 2 aliphatic heterocycles. The lowest BCUT2D eigenvalue weighted by Gasteiger charge is -2.49. The highest BCUT2D eigenvalue weighted by Crippen LogP contribution is 2.30. The molecule has 1 aromatic carbocycles. The van der Waals surface area contributed by atoms with E-state index in [1.165, 1.54) is 0 Å². The molecule has 0 aromatic heterocycles. The van der Waals surface area contributed by atoms with Gasteiger partial charge in [0, 0.05) is 61.4 Å². The first-order chi connectivity index (χ1) is 9.65. The molecule has 0 radical (unpaired) electrons. The fourth-order valence-corrected chi connectivity index (χ4v) is 3.49. The van der Waals surface area contributed by atoms with Crippen LogP contribution in [-0.4, -0.2) is 55.1 Å². The van der Waals surface area contributed by atoms with Crippen LogP contribution in [0.4, 0.5) is 4.39 Å². The Kier molecular flexibility index (Phi) is 4.40. The summed E-state index contributed by atoms with van der Waals surface area (Å²) >= 11 is 3.43. The molecule has 2 heterocycles. The first-order valence-corrected chi connectivity index (χ1v) is 8.08. The molecule has 1 N–H and O–H groups in total. The summed E-state index contributed by atoms with van der Waals surface area (Å²) < 4.78 is 14.9. The lowest BCUT2D eigenvalue weighted by Crippen LogP contribution is -2.62. The highest BCUT2D eigenvalue weighted by Gasteiger charge is 2.35. The number of benzene rings is 1. The van der Waals surface area contributed by atoms with E-state index in [0.29, 0.717) is 6.04 Å². The zero-order valence-corrected chi connectivity index (χ0v) is 13.4. The van der Waals surface area contributed by atoms with E-state index in [-0.39, 0.29) is 11.9 Å². The normalized spacial score (nSPS) is 23.6. The summed E-state index contributed by atoms with van der Waals surface area (Å²) in [7, 11) is 0.